The molecule has 0 spiro atoms. The van der Waals surface area contributed by atoms with E-state index < -0.39 is 98.6 Å². The number of esters is 4. The standard InChI is InChI=1S/C35H43FO14/c1-20(37)42-19-27-29(46-21(2)38)31(47-22(3)39)33(48-23(4)40)35(50-27)45-18-26-28(36)30(43-16-24-12-8-6-9-13-24)32(34(41-5)49-26)44-17-25-14-10-7-11-15-25/h6-15,26-35H,16-19H2,1-5H3/t26-,27-,28+,29+,30+,31+,32-,33-,34-,35-/m1/s1. The van der Waals surface area contributed by atoms with E-state index in [1.807, 2.05) is 60.7 Å². The molecule has 2 saturated heterocycles. The Kier molecular flexibility index (Phi) is 14.6. The van der Waals surface area contributed by atoms with Gasteiger partial charge in [0.15, 0.2) is 37.1 Å². The first kappa shape index (κ1) is 38.8. The number of methoxy groups -OCH3 is 1. The quantitative estimate of drug-likeness (QED) is 0.196. The van der Waals surface area contributed by atoms with Crippen molar-refractivity contribution >= 4 is 23.9 Å². The minimum Gasteiger partial charge on any atom is -0.463 e. The fraction of sp³-hybridized carbons (Fsp3) is 0.543. The van der Waals surface area contributed by atoms with Crippen LogP contribution in [0.15, 0.2) is 60.7 Å². The Morgan fingerprint density at radius 2 is 1.08 bits per heavy atom. The molecule has 50 heavy (non-hydrogen) atoms. The lowest BCUT2D eigenvalue weighted by molar-refractivity contribution is -0.333. The lowest BCUT2D eigenvalue weighted by Crippen LogP contribution is -2.64. The van der Waals surface area contributed by atoms with E-state index in [-0.39, 0.29) is 13.2 Å². The third-order valence-electron chi connectivity index (χ3n) is 7.75. The number of carbonyl (C=O) groups is 4. The number of hydrogen-bond acceptors (Lipinski definition) is 14. The van der Waals surface area contributed by atoms with Crippen LogP contribution in [0.25, 0.3) is 0 Å². The Morgan fingerprint density at radius 3 is 1.60 bits per heavy atom. The summed E-state index contributed by atoms with van der Waals surface area (Å²) in [6.07, 6.45) is -13.6. The summed E-state index contributed by atoms with van der Waals surface area (Å²) in [6.45, 7) is 3.68. The predicted molar refractivity (Wildman–Crippen MR) is 169 cm³/mol. The van der Waals surface area contributed by atoms with E-state index in [9.17, 15) is 19.2 Å². The van der Waals surface area contributed by atoms with Crippen molar-refractivity contribution in [2.75, 3.05) is 20.3 Å². The third-order valence-corrected chi connectivity index (χ3v) is 7.75. The minimum absolute atomic E-state index is 0.0564. The summed E-state index contributed by atoms with van der Waals surface area (Å²) in [5.74, 6) is -3.07. The number of benzene rings is 2. The van der Waals surface area contributed by atoms with Crippen LogP contribution < -0.4 is 0 Å². The summed E-state index contributed by atoms with van der Waals surface area (Å²) in [4.78, 5) is 48.1. The Morgan fingerprint density at radius 1 is 0.580 bits per heavy atom. The van der Waals surface area contributed by atoms with Gasteiger partial charge in [0.25, 0.3) is 0 Å². The molecule has 0 aliphatic carbocycles. The molecular formula is C35H43FO14. The van der Waals surface area contributed by atoms with Gasteiger partial charge in [-0.2, -0.15) is 0 Å². The van der Waals surface area contributed by atoms with Crippen molar-refractivity contribution in [3.8, 4) is 0 Å². The predicted octanol–water partition coefficient (Wildman–Crippen LogP) is 2.97. The molecule has 0 bridgehead atoms. The van der Waals surface area contributed by atoms with Crippen molar-refractivity contribution in [3.05, 3.63) is 71.8 Å². The van der Waals surface area contributed by atoms with Gasteiger partial charge in [0.2, 0.25) is 0 Å². The van der Waals surface area contributed by atoms with Gasteiger partial charge in [0.1, 0.15) is 31.0 Å². The van der Waals surface area contributed by atoms with Gasteiger partial charge in [-0.05, 0) is 11.1 Å². The molecule has 0 N–H and O–H groups in total. The van der Waals surface area contributed by atoms with Gasteiger partial charge >= 0.3 is 23.9 Å². The lowest BCUT2D eigenvalue weighted by atomic mass is 9.97. The second kappa shape index (κ2) is 18.8. The van der Waals surface area contributed by atoms with Crippen LogP contribution in [0.4, 0.5) is 4.39 Å². The number of hydrogen-bond donors (Lipinski definition) is 0. The summed E-state index contributed by atoms with van der Waals surface area (Å²) in [5.41, 5.74) is 1.64. The first-order chi connectivity index (χ1) is 24.0. The fourth-order valence-corrected chi connectivity index (χ4v) is 5.60. The summed E-state index contributed by atoms with van der Waals surface area (Å²) < 4.78 is 73.7. The number of rotatable bonds is 15. The maximum absolute atomic E-state index is 16.5. The van der Waals surface area contributed by atoms with E-state index in [4.69, 9.17) is 47.4 Å². The van der Waals surface area contributed by atoms with Gasteiger partial charge in [0.05, 0.1) is 19.8 Å². The third kappa shape index (κ3) is 11.0. The number of carbonyl (C=O) groups excluding carboxylic acids is 4. The molecule has 2 aromatic carbocycles. The fourth-order valence-electron chi connectivity index (χ4n) is 5.60. The van der Waals surface area contributed by atoms with Crippen LogP contribution in [0.5, 0.6) is 0 Å². The van der Waals surface area contributed by atoms with Gasteiger partial charge in [0, 0.05) is 34.8 Å². The highest BCUT2D eigenvalue weighted by Gasteiger charge is 2.54. The average molecular weight is 707 g/mol. The lowest BCUT2D eigenvalue weighted by Gasteiger charge is -2.45. The zero-order valence-corrected chi connectivity index (χ0v) is 28.5. The molecule has 14 nitrogen and oxygen atoms in total. The second-order valence-electron chi connectivity index (χ2n) is 11.6. The average Bonchev–Trinajstić information content (AvgIpc) is 3.08. The summed E-state index contributed by atoms with van der Waals surface area (Å²) >= 11 is 0. The van der Waals surface area contributed by atoms with Crippen molar-refractivity contribution in [2.45, 2.75) is 102 Å². The van der Waals surface area contributed by atoms with Gasteiger partial charge in [-0.15, -0.1) is 0 Å². The molecule has 274 valence electrons. The highest BCUT2D eigenvalue weighted by atomic mass is 19.1. The van der Waals surface area contributed by atoms with E-state index >= 15 is 4.39 Å². The van der Waals surface area contributed by atoms with E-state index in [0.717, 1.165) is 38.8 Å². The largest absolute Gasteiger partial charge is 0.463 e. The highest BCUT2D eigenvalue weighted by Crippen LogP contribution is 2.33. The van der Waals surface area contributed by atoms with Gasteiger partial charge in [-0.3, -0.25) is 19.2 Å². The first-order valence-electron chi connectivity index (χ1n) is 16.0. The van der Waals surface area contributed by atoms with E-state index in [1.165, 1.54) is 7.11 Å². The van der Waals surface area contributed by atoms with E-state index in [2.05, 4.69) is 0 Å². The minimum atomic E-state index is -1.84. The molecule has 10 atom stereocenters. The van der Waals surface area contributed by atoms with Crippen LogP contribution in [0.1, 0.15) is 38.8 Å². The van der Waals surface area contributed by atoms with Crippen LogP contribution in [-0.2, 0) is 79.8 Å². The van der Waals surface area contributed by atoms with Crippen molar-refractivity contribution < 1.29 is 70.9 Å². The summed E-state index contributed by atoms with van der Waals surface area (Å²) in [7, 11) is 1.38. The van der Waals surface area contributed by atoms with E-state index in [1.54, 1.807) is 0 Å². The number of ether oxygens (including phenoxy) is 10. The molecule has 2 fully saturated rings. The highest BCUT2D eigenvalue weighted by molar-refractivity contribution is 5.68. The molecular weight excluding hydrogens is 663 g/mol. The molecule has 0 saturated carbocycles. The van der Waals surface area contributed by atoms with E-state index in [0.29, 0.717) is 0 Å². The summed E-state index contributed by atoms with van der Waals surface area (Å²) in [6, 6.07) is 18.5. The van der Waals surface area contributed by atoms with Crippen LogP contribution in [-0.4, -0.2) is 106 Å². The molecule has 2 heterocycles. The van der Waals surface area contributed by atoms with Gasteiger partial charge < -0.3 is 47.4 Å². The maximum Gasteiger partial charge on any atom is 0.303 e. The normalized spacial score (nSPS) is 29.4. The topological polar surface area (TPSA) is 161 Å². The zero-order chi connectivity index (χ0) is 36.2. The molecule has 2 aliphatic heterocycles. The summed E-state index contributed by atoms with van der Waals surface area (Å²) in [5, 5.41) is 0. The molecule has 15 heteroatoms. The van der Waals surface area contributed by atoms with Crippen LogP contribution in [0.2, 0.25) is 0 Å². The number of alkyl halides is 1. The molecule has 0 aromatic heterocycles. The zero-order valence-electron chi connectivity index (χ0n) is 28.5. The smallest absolute Gasteiger partial charge is 0.303 e. The van der Waals surface area contributed by atoms with Crippen LogP contribution >= 0.6 is 0 Å². The van der Waals surface area contributed by atoms with Crippen LogP contribution in [0, 0.1) is 0 Å². The molecule has 0 amide bonds. The molecule has 4 rings (SSSR count). The second-order valence-corrected chi connectivity index (χ2v) is 11.6. The maximum atomic E-state index is 16.5. The van der Waals surface area contributed by atoms with Crippen molar-refractivity contribution in [1.29, 1.82) is 0 Å². The monoisotopic (exact) mass is 706 g/mol. The van der Waals surface area contributed by atoms with Crippen LogP contribution in [0.3, 0.4) is 0 Å². The van der Waals surface area contributed by atoms with Crippen molar-refractivity contribution in [2.24, 2.45) is 0 Å². The van der Waals surface area contributed by atoms with Crippen molar-refractivity contribution in [3.63, 3.8) is 0 Å². The van der Waals surface area contributed by atoms with Gasteiger partial charge in [-0.1, -0.05) is 60.7 Å². The Labute approximate surface area is 289 Å². The number of halogens is 1. The van der Waals surface area contributed by atoms with Crippen molar-refractivity contribution in [1.82, 2.24) is 0 Å². The molecule has 2 aromatic rings. The first-order valence-corrected chi connectivity index (χ1v) is 16.0. The molecule has 2 aliphatic rings. The molecule has 0 unspecified atom stereocenters. The Balaban J connectivity index is 1.58. The Bertz CT molecular complexity index is 1390. The van der Waals surface area contributed by atoms with Gasteiger partial charge in [-0.25, -0.2) is 4.39 Å². The SMILES string of the molecule is CO[C@@H]1O[C@H](CO[C@@H]2O[C@H](COC(C)=O)[C@H](OC(C)=O)[C@H](OC(C)=O)[C@H]2OC(C)=O)[C@H](F)[C@H](OCc2ccccc2)[C@H]1OCc1ccccc1. The Hall–Kier alpha value is -3.99. The molecule has 0 radical (unpaired) electrons.